The zero-order valence-corrected chi connectivity index (χ0v) is 27.6. The lowest BCUT2D eigenvalue weighted by Crippen LogP contribution is -2.47. The predicted molar refractivity (Wildman–Crippen MR) is 173 cm³/mol. The second-order valence-electron chi connectivity index (χ2n) is 11.8. The monoisotopic (exact) mass is 653 g/mol. The summed E-state index contributed by atoms with van der Waals surface area (Å²) in [5, 5.41) is 10.5. The number of alkyl carbamates (subject to hydrolysis) is 2. The first-order valence-electron chi connectivity index (χ1n) is 14.2. The third kappa shape index (κ3) is 12.1. The van der Waals surface area contributed by atoms with Crippen LogP contribution in [0.4, 0.5) is 15.5 Å². The molecule has 0 spiro atoms. The Bertz CT molecular complexity index is 1510. The van der Waals surface area contributed by atoms with Gasteiger partial charge in [-0.05, 0) is 76.9 Å². The molecule has 0 aliphatic rings. The number of carbonyl (C=O) groups is 4. The number of hydrogen-bond donors (Lipinski definition) is 4. The van der Waals surface area contributed by atoms with Crippen LogP contribution in [0.25, 0.3) is 10.4 Å². The molecule has 1 aromatic carbocycles. The van der Waals surface area contributed by atoms with Crippen molar-refractivity contribution in [1.82, 2.24) is 25.9 Å². The number of rotatable bonds is 9. The molecule has 0 aliphatic carbocycles. The Morgan fingerprint density at radius 2 is 1.52 bits per heavy atom. The normalized spacial score (nSPS) is 11.8. The van der Waals surface area contributed by atoms with Crippen molar-refractivity contribution < 1.29 is 33.4 Å². The van der Waals surface area contributed by atoms with Gasteiger partial charge in [0.1, 0.15) is 17.2 Å². The van der Waals surface area contributed by atoms with Crippen molar-refractivity contribution in [2.75, 3.05) is 19.0 Å². The van der Waals surface area contributed by atoms with Crippen molar-refractivity contribution in [1.29, 1.82) is 0 Å². The van der Waals surface area contributed by atoms with Gasteiger partial charge in [-0.3, -0.25) is 15.4 Å². The summed E-state index contributed by atoms with van der Waals surface area (Å²) < 4.78 is 15.4. The second-order valence-corrected chi connectivity index (χ2v) is 12.9. The van der Waals surface area contributed by atoms with E-state index < -0.39 is 35.4 Å². The number of hydrogen-bond acceptors (Lipinski definition) is 12. The van der Waals surface area contributed by atoms with Crippen LogP contribution in [-0.2, 0) is 25.5 Å². The number of amides is 3. The fraction of sp³-hybridized carbons (Fsp3) is 0.387. The molecule has 0 saturated heterocycles. The average molecular weight is 654 g/mol. The van der Waals surface area contributed by atoms with E-state index >= 15 is 0 Å². The number of nitrogens with one attached hydrogen (secondary N) is 4. The zero-order chi connectivity index (χ0) is 33.9. The number of anilines is 1. The molecule has 3 amide bonds. The zero-order valence-electron chi connectivity index (χ0n) is 26.8. The van der Waals surface area contributed by atoms with Crippen LogP contribution in [0, 0.1) is 0 Å². The van der Waals surface area contributed by atoms with E-state index in [1.54, 1.807) is 53.7 Å². The molecule has 1 atom stereocenters. The van der Waals surface area contributed by atoms with E-state index in [9.17, 15) is 19.2 Å². The lowest BCUT2D eigenvalue weighted by atomic mass is 10.1. The molecule has 0 bridgehead atoms. The van der Waals surface area contributed by atoms with Gasteiger partial charge in [-0.25, -0.2) is 29.3 Å². The van der Waals surface area contributed by atoms with Crippen LogP contribution < -0.4 is 21.3 Å². The molecule has 14 nitrogen and oxygen atoms in total. The number of ether oxygens (including phenoxy) is 3. The summed E-state index contributed by atoms with van der Waals surface area (Å²) in [5.74, 6) is -0.858. The molecule has 2 heterocycles. The Morgan fingerprint density at radius 1 is 0.891 bits per heavy atom. The van der Waals surface area contributed by atoms with Crippen molar-refractivity contribution >= 4 is 47.3 Å². The van der Waals surface area contributed by atoms with Crippen LogP contribution >= 0.6 is 11.3 Å². The highest BCUT2D eigenvalue weighted by molar-refractivity contribution is 7.17. The summed E-state index contributed by atoms with van der Waals surface area (Å²) in [7, 11) is 1.26. The van der Waals surface area contributed by atoms with Crippen molar-refractivity contribution in [2.24, 2.45) is 4.99 Å². The number of benzene rings is 1. The highest BCUT2D eigenvalue weighted by atomic mass is 32.1. The first-order chi connectivity index (χ1) is 21.6. The lowest BCUT2D eigenvalue weighted by Gasteiger charge is -2.22. The quantitative estimate of drug-likeness (QED) is 0.111. The molecule has 0 aliphatic heterocycles. The Balaban J connectivity index is 1.70. The smallest absolute Gasteiger partial charge is 0.414 e. The van der Waals surface area contributed by atoms with E-state index in [-0.39, 0.29) is 30.9 Å². The molecule has 0 fully saturated rings. The van der Waals surface area contributed by atoms with Crippen LogP contribution in [0.15, 0.2) is 59.9 Å². The van der Waals surface area contributed by atoms with Crippen LogP contribution in [0.5, 0.6) is 0 Å². The third-order valence-electron chi connectivity index (χ3n) is 5.52. The van der Waals surface area contributed by atoms with Crippen molar-refractivity contribution in [2.45, 2.75) is 65.3 Å². The number of methoxy groups -OCH3 is 1. The van der Waals surface area contributed by atoms with Crippen LogP contribution in [0.1, 0.15) is 56.8 Å². The van der Waals surface area contributed by atoms with Gasteiger partial charge in [-0.15, -0.1) is 11.3 Å². The Morgan fingerprint density at radius 3 is 2.11 bits per heavy atom. The maximum Gasteiger partial charge on any atom is 0.414 e. The molecule has 4 N–H and O–H groups in total. The SMILES string of the molecule is COC(=O)[C@H](CNC(=O)c1ccc(-c2cccc(CN=C(NC(=O)OC(C)(C)C)NC(=O)OC(C)(C)C)c2)s1)Nc1ncccn1. The summed E-state index contributed by atoms with van der Waals surface area (Å²) in [4.78, 5) is 63.7. The van der Waals surface area contributed by atoms with Gasteiger partial charge >= 0.3 is 18.2 Å². The Hall–Kier alpha value is -5.05. The third-order valence-corrected chi connectivity index (χ3v) is 6.65. The first kappa shape index (κ1) is 35.4. The molecule has 15 heteroatoms. The van der Waals surface area contributed by atoms with E-state index in [0.29, 0.717) is 4.88 Å². The van der Waals surface area contributed by atoms with Crippen LogP contribution in [0.2, 0.25) is 0 Å². The minimum Gasteiger partial charge on any atom is -0.467 e. The van der Waals surface area contributed by atoms with Gasteiger partial charge in [0, 0.05) is 23.8 Å². The van der Waals surface area contributed by atoms with Gasteiger partial charge in [-0.1, -0.05) is 18.2 Å². The molecular weight excluding hydrogens is 614 g/mol. The van der Waals surface area contributed by atoms with Gasteiger partial charge in [0.05, 0.1) is 18.5 Å². The molecule has 3 aromatic rings. The van der Waals surface area contributed by atoms with Crippen molar-refractivity contribution in [3.05, 3.63) is 65.3 Å². The van der Waals surface area contributed by atoms with E-state index in [1.165, 1.54) is 30.8 Å². The number of aliphatic imine (C=N–C) groups is 1. The summed E-state index contributed by atoms with van der Waals surface area (Å²) in [6.45, 7) is 10.3. The molecule has 2 aromatic heterocycles. The van der Waals surface area contributed by atoms with Gasteiger partial charge < -0.3 is 24.8 Å². The molecule has 3 rings (SSSR count). The van der Waals surface area contributed by atoms with E-state index in [4.69, 9.17) is 14.2 Å². The maximum absolute atomic E-state index is 12.9. The number of aromatic nitrogens is 2. The summed E-state index contributed by atoms with van der Waals surface area (Å²) in [6.07, 6.45) is 1.47. The molecule has 0 unspecified atom stereocenters. The van der Waals surface area contributed by atoms with Gasteiger partial charge in [0.15, 0.2) is 0 Å². The van der Waals surface area contributed by atoms with Crippen molar-refractivity contribution in [3.8, 4) is 10.4 Å². The fourth-order valence-electron chi connectivity index (χ4n) is 3.67. The van der Waals surface area contributed by atoms with E-state index in [1.807, 2.05) is 30.3 Å². The number of esters is 1. The predicted octanol–water partition coefficient (Wildman–Crippen LogP) is 4.49. The minimum atomic E-state index is -0.896. The summed E-state index contributed by atoms with van der Waals surface area (Å²) in [6, 6.07) is 11.7. The molecule has 246 valence electrons. The van der Waals surface area contributed by atoms with E-state index in [2.05, 4.69) is 36.2 Å². The van der Waals surface area contributed by atoms with Gasteiger partial charge in [0.2, 0.25) is 11.9 Å². The summed E-state index contributed by atoms with van der Waals surface area (Å²) in [5.41, 5.74) is 0.0710. The summed E-state index contributed by atoms with van der Waals surface area (Å²) >= 11 is 1.27. The molecule has 0 saturated carbocycles. The molecular formula is C31H39N7O7S. The highest BCUT2D eigenvalue weighted by Crippen LogP contribution is 2.29. The average Bonchev–Trinajstić information content (AvgIpc) is 3.47. The number of thiophene rings is 1. The first-order valence-corrected chi connectivity index (χ1v) is 15.1. The maximum atomic E-state index is 12.9. The van der Waals surface area contributed by atoms with E-state index in [0.717, 1.165) is 16.0 Å². The number of carbonyl (C=O) groups excluding carboxylic acids is 4. The second kappa shape index (κ2) is 15.8. The number of nitrogens with zero attached hydrogens (tertiary/aromatic N) is 3. The standard InChI is InChI=1S/C31H39N7O7S/c1-30(2,3)44-28(41)37-27(38-29(42)45-31(4,5)6)35-17-19-10-8-11-20(16-19)22-12-13-23(46-22)24(39)34-18-21(25(40)43-7)36-26-32-14-9-15-33-26/h8-16,21H,17-18H2,1-7H3,(H,34,39)(H,32,33,36)(H2,35,37,38,41,42)/t21-/m0/s1. The minimum absolute atomic E-state index is 0.0541. The topological polar surface area (TPSA) is 182 Å². The highest BCUT2D eigenvalue weighted by Gasteiger charge is 2.23. The Kier molecular flexibility index (Phi) is 12.2. The van der Waals surface area contributed by atoms with Crippen LogP contribution in [-0.4, -0.2) is 70.9 Å². The number of guanidine groups is 1. The molecule has 46 heavy (non-hydrogen) atoms. The van der Waals surface area contributed by atoms with Gasteiger partial charge in [0.25, 0.3) is 5.91 Å². The van der Waals surface area contributed by atoms with Gasteiger partial charge in [-0.2, -0.15) is 0 Å². The fourth-order valence-corrected chi connectivity index (χ4v) is 4.58. The Labute approximate surface area is 271 Å². The lowest BCUT2D eigenvalue weighted by molar-refractivity contribution is -0.141. The largest absolute Gasteiger partial charge is 0.467 e. The van der Waals surface area contributed by atoms with Crippen LogP contribution in [0.3, 0.4) is 0 Å². The van der Waals surface area contributed by atoms with Crippen molar-refractivity contribution in [3.63, 3.8) is 0 Å². The molecule has 0 radical (unpaired) electrons.